The van der Waals surface area contributed by atoms with Crippen molar-refractivity contribution in [2.45, 2.75) is 45.6 Å². The van der Waals surface area contributed by atoms with Gasteiger partial charge in [0.15, 0.2) is 3.84 Å². The number of carbonyl (C=O) groups is 1. The summed E-state index contributed by atoms with van der Waals surface area (Å²) in [6, 6.07) is 12.6. The zero-order chi connectivity index (χ0) is 19.8. The van der Waals surface area contributed by atoms with Crippen LogP contribution in [-0.2, 0) is 11.3 Å². The first-order chi connectivity index (χ1) is 12.7. The summed E-state index contributed by atoms with van der Waals surface area (Å²) in [4.78, 5) is 13.0. The Morgan fingerprint density at radius 3 is 2.37 bits per heavy atom. The highest BCUT2D eigenvalue weighted by atomic mass is 127. The molecule has 3 rings (SSSR count). The molecule has 1 fully saturated rings. The highest BCUT2D eigenvalue weighted by molar-refractivity contribution is 14.1. The number of benzene rings is 2. The van der Waals surface area contributed by atoms with Gasteiger partial charge >= 0.3 is 5.97 Å². The molecule has 0 amide bonds. The minimum absolute atomic E-state index is 0.0752. The molecule has 0 spiro atoms. The molecule has 0 atom stereocenters. The third kappa shape index (κ3) is 4.31. The van der Waals surface area contributed by atoms with Gasteiger partial charge in [-0.3, -0.25) is 15.6 Å². The Hall–Kier alpha value is -1.96. The molecule has 1 aliphatic rings. The van der Waals surface area contributed by atoms with Crippen LogP contribution < -0.4 is 0 Å². The van der Waals surface area contributed by atoms with Crippen LogP contribution in [0, 0.1) is 16.2 Å². The highest BCUT2D eigenvalue weighted by Gasteiger charge is 2.31. The molecular weight excluding hydrogens is 453 g/mol. The van der Waals surface area contributed by atoms with E-state index < -0.39 is 11.4 Å². The quantitative estimate of drug-likeness (QED) is 0.226. The van der Waals surface area contributed by atoms with Crippen LogP contribution in [0.4, 0.5) is 0 Å². The lowest BCUT2D eigenvalue weighted by Crippen LogP contribution is -2.37. The second-order valence-electron chi connectivity index (χ2n) is 7.82. The predicted molar refractivity (Wildman–Crippen MR) is 117 cm³/mol. The highest BCUT2D eigenvalue weighted by Crippen LogP contribution is 2.43. The van der Waals surface area contributed by atoms with Crippen molar-refractivity contribution >= 4 is 49.0 Å². The summed E-state index contributed by atoms with van der Waals surface area (Å²) in [6.45, 7) is 3.61. The molecule has 2 aromatic carbocycles. The molecule has 6 heteroatoms. The number of hydrogen-bond donors (Lipinski definition) is 3. The number of halogens is 1. The van der Waals surface area contributed by atoms with Crippen LogP contribution in [0.25, 0.3) is 10.8 Å². The minimum atomic E-state index is -1.04. The zero-order valence-corrected chi connectivity index (χ0v) is 17.7. The fourth-order valence-corrected chi connectivity index (χ4v) is 3.78. The lowest BCUT2D eigenvalue weighted by molar-refractivity contribution is -0.146. The van der Waals surface area contributed by atoms with Gasteiger partial charge in [0.1, 0.15) is 5.84 Å². The molecule has 0 bridgehead atoms. The molecule has 5 nitrogen and oxygen atoms in total. The van der Waals surface area contributed by atoms with Gasteiger partial charge in [-0.1, -0.05) is 36.4 Å². The van der Waals surface area contributed by atoms with Crippen LogP contribution in [0.1, 0.15) is 50.2 Å². The van der Waals surface area contributed by atoms with E-state index in [9.17, 15) is 9.90 Å². The van der Waals surface area contributed by atoms with Crippen molar-refractivity contribution in [3.05, 3.63) is 47.5 Å². The first-order valence-corrected chi connectivity index (χ1v) is 10.1. The van der Waals surface area contributed by atoms with E-state index in [-0.39, 0.29) is 16.1 Å². The maximum Gasteiger partial charge on any atom is 0.309 e. The van der Waals surface area contributed by atoms with E-state index in [2.05, 4.69) is 24.3 Å². The molecule has 2 aromatic rings. The van der Waals surface area contributed by atoms with Crippen molar-refractivity contribution in [2.24, 2.45) is 5.41 Å². The number of rotatable bonds is 6. The smallest absolute Gasteiger partial charge is 0.309 e. The maximum atomic E-state index is 11.4. The van der Waals surface area contributed by atoms with E-state index in [0.717, 1.165) is 10.9 Å². The standard InChI is InChI=1S/C21H24IN3O2/c1-21(2,19(26)27)11-18(23)25(20(22)24)12-14-9-10-16(13-7-8-13)17-6-4-3-5-15(14)17/h3-6,9-10,13,23-24H,7-8,11-12H2,1-2H3,(H,26,27). The van der Waals surface area contributed by atoms with E-state index in [1.165, 1.54) is 23.8 Å². The molecule has 0 aromatic heterocycles. The molecule has 0 unspecified atom stereocenters. The van der Waals surface area contributed by atoms with Crippen molar-refractivity contribution in [2.75, 3.05) is 0 Å². The number of carboxylic acid groups (broad SMARTS) is 1. The molecule has 0 aliphatic heterocycles. The Kier molecular flexibility index (Phi) is 5.55. The van der Waals surface area contributed by atoms with E-state index >= 15 is 0 Å². The van der Waals surface area contributed by atoms with Gasteiger partial charge in [0.25, 0.3) is 0 Å². The molecule has 27 heavy (non-hydrogen) atoms. The molecule has 0 heterocycles. The summed E-state index contributed by atoms with van der Waals surface area (Å²) >= 11 is 1.89. The number of carboxylic acids is 1. The lowest BCUT2D eigenvalue weighted by atomic mass is 9.88. The number of hydrogen-bond acceptors (Lipinski definition) is 3. The van der Waals surface area contributed by atoms with Crippen LogP contribution in [0.2, 0.25) is 0 Å². The van der Waals surface area contributed by atoms with Gasteiger partial charge < -0.3 is 10.0 Å². The molecule has 3 N–H and O–H groups in total. The molecule has 1 aliphatic carbocycles. The van der Waals surface area contributed by atoms with Gasteiger partial charge in [0.2, 0.25) is 0 Å². The van der Waals surface area contributed by atoms with Gasteiger partial charge in [0.05, 0.1) is 12.0 Å². The summed E-state index contributed by atoms with van der Waals surface area (Å²) < 4.78 is 0.217. The molecule has 1 saturated carbocycles. The summed E-state index contributed by atoms with van der Waals surface area (Å²) in [5.74, 6) is -0.138. The van der Waals surface area contributed by atoms with E-state index in [1.807, 2.05) is 34.7 Å². The SMILES string of the molecule is CC(C)(CC(=N)N(Cc1ccc(C2CC2)c2ccccc12)C(=N)I)C(=O)O. The first-order valence-electron chi connectivity index (χ1n) is 9.03. The summed E-state index contributed by atoms with van der Waals surface area (Å²) in [5, 5.41) is 28.3. The Bertz CT molecular complexity index is 919. The van der Waals surface area contributed by atoms with Gasteiger partial charge in [-0.05, 0) is 77.1 Å². The van der Waals surface area contributed by atoms with Crippen molar-refractivity contribution in [3.8, 4) is 0 Å². The fourth-order valence-electron chi connectivity index (χ4n) is 3.32. The predicted octanol–water partition coefficient (Wildman–Crippen LogP) is 5.37. The third-order valence-electron chi connectivity index (χ3n) is 5.14. The number of nitrogens with zero attached hydrogens (tertiary/aromatic N) is 1. The van der Waals surface area contributed by atoms with Crippen LogP contribution >= 0.6 is 22.6 Å². The number of nitrogens with one attached hydrogen (secondary N) is 2. The van der Waals surface area contributed by atoms with E-state index in [1.54, 1.807) is 18.7 Å². The molecular formula is C21H24IN3O2. The van der Waals surface area contributed by atoms with Gasteiger partial charge in [0, 0.05) is 6.42 Å². The van der Waals surface area contributed by atoms with Crippen molar-refractivity contribution in [1.29, 1.82) is 10.8 Å². The van der Waals surface area contributed by atoms with Crippen molar-refractivity contribution < 1.29 is 9.90 Å². The first kappa shape index (κ1) is 19.8. The van der Waals surface area contributed by atoms with Crippen LogP contribution in [0.3, 0.4) is 0 Å². The maximum absolute atomic E-state index is 11.4. The van der Waals surface area contributed by atoms with Crippen LogP contribution in [0.5, 0.6) is 0 Å². The fraction of sp³-hybridized carbons (Fsp3) is 0.381. The Labute approximate surface area is 172 Å². The van der Waals surface area contributed by atoms with Gasteiger partial charge in [-0.15, -0.1) is 0 Å². The minimum Gasteiger partial charge on any atom is -0.481 e. The lowest BCUT2D eigenvalue weighted by Gasteiger charge is -2.28. The third-order valence-corrected chi connectivity index (χ3v) is 5.73. The van der Waals surface area contributed by atoms with Crippen molar-refractivity contribution in [3.63, 3.8) is 0 Å². The van der Waals surface area contributed by atoms with Crippen molar-refractivity contribution in [1.82, 2.24) is 4.90 Å². The van der Waals surface area contributed by atoms with Crippen LogP contribution in [-0.4, -0.2) is 25.7 Å². The molecule has 142 valence electrons. The average Bonchev–Trinajstić information content (AvgIpc) is 3.43. The number of amidine groups is 2. The second kappa shape index (κ2) is 7.58. The number of aliphatic carboxylic acids is 1. The van der Waals surface area contributed by atoms with Crippen LogP contribution in [0.15, 0.2) is 36.4 Å². The Morgan fingerprint density at radius 2 is 1.81 bits per heavy atom. The van der Waals surface area contributed by atoms with Gasteiger partial charge in [-0.25, -0.2) is 0 Å². The summed E-state index contributed by atoms with van der Waals surface area (Å²) in [7, 11) is 0. The molecule has 0 radical (unpaired) electrons. The van der Waals surface area contributed by atoms with E-state index in [0.29, 0.717) is 12.5 Å². The second-order valence-corrected chi connectivity index (χ2v) is 8.85. The summed E-state index contributed by atoms with van der Waals surface area (Å²) in [6.07, 6.45) is 2.55. The zero-order valence-electron chi connectivity index (χ0n) is 15.6. The number of fused-ring (bicyclic) bond motifs is 1. The summed E-state index contributed by atoms with van der Waals surface area (Å²) in [5.41, 5.74) is 1.39. The molecule has 0 saturated heterocycles. The largest absolute Gasteiger partial charge is 0.481 e. The average molecular weight is 477 g/mol. The monoisotopic (exact) mass is 477 g/mol. The normalized spacial score (nSPS) is 14.2. The van der Waals surface area contributed by atoms with Gasteiger partial charge in [-0.2, -0.15) is 0 Å². The topological polar surface area (TPSA) is 88.2 Å². The Balaban J connectivity index is 1.91. The Morgan fingerprint density at radius 1 is 1.19 bits per heavy atom. The van der Waals surface area contributed by atoms with E-state index in [4.69, 9.17) is 10.8 Å².